The molecule has 0 unspecified atom stereocenters. The molecule has 3 aromatic rings. The first-order valence-electron chi connectivity index (χ1n) is 13.0. The van der Waals surface area contributed by atoms with Gasteiger partial charge >= 0.3 is 0 Å². The number of carbonyl (C=O) groups excluding carboxylic acids is 1. The molecular weight excluding hydrogens is 521 g/mol. The minimum absolute atomic E-state index is 0.0203. The van der Waals surface area contributed by atoms with Crippen LogP contribution in [-0.2, 0) is 10.0 Å². The topological polar surface area (TPSA) is 128 Å². The first kappa shape index (κ1) is 26.9. The predicted molar refractivity (Wildman–Crippen MR) is 146 cm³/mol. The summed E-state index contributed by atoms with van der Waals surface area (Å²) in [4.78, 5) is 24.0. The number of benzene rings is 1. The van der Waals surface area contributed by atoms with E-state index in [9.17, 15) is 17.6 Å². The van der Waals surface area contributed by atoms with Gasteiger partial charge in [-0.1, -0.05) is 19.9 Å². The zero-order valence-electron chi connectivity index (χ0n) is 22.0. The van der Waals surface area contributed by atoms with Gasteiger partial charge in [0.2, 0.25) is 0 Å². The fraction of sp³-hybridized carbons (Fsp3) is 0.393. The highest BCUT2D eigenvalue weighted by molar-refractivity contribution is 7.90. The van der Waals surface area contributed by atoms with Crippen molar-refractivity contribution in [3.8, 4) is 17.0 Å². The summed E-state index contributed by atoms with van der Waals surface area (Å²) < 4.78 is 48.2. The monoisotopic (exact) mass is 553 g/mol. The highest BCUT2D eigenvalue weighted by Crippen LogP contribution is 2.52. The van der Waals surface area contributed by atoms with Gasteiger partial charge in [-0.05, 0) is 73.4 Å². The van der Waals surface area contributed by atoms with Crippen LogP contribution in [0.15, 0.2) is 53.6 Å². The first-order valence-corrected chi connectivity index (χ1v) is 14.5. The Labute approximate surface area is 227 Å². The summed E-state index contributed by atoms with van der Waals surface area (Å²) in [6.07, 6.45) is 4.27. The second kappa shape index (κ2) is 10.4. The van der Waals surface area contributed by atoms with E-state index in [1.54, 1.807) is 12.1 Å². The number of rotatable bonds is 8. The summed E-state index contributed by atoms with van der Waals surface area (Å²) in [5.41, 5.74) is 6.90. The number of nitrogen functional groups attached to an aromatic ring is 1. The van der Waals surface area contributed by atoms with E-state index in [1.807, 2.05) is 18.7 Å². The van der Waals surface area contributed by atoms with E-state index in [0.717, 1.165) is 32.2 Å². The average molecular weight is 554 g/mol. The number of aromatic nitrogens is 2. The predicted octanol–water partition coefficient (Wildman–Crippen LogP) is 4.40. The van der Waals surface area contributed by atoms with Gasteiger partial charge in [-0.3, -0.25) is 4.79 Å². The third-order valence-electron chi connectivity index (χ3n) is 7.04. The molecule has 0 bridgehead atoms. The number of amides is 1. The van der Waals surface area contributed by atoms with Crippen LogP contribution in [0, 0.1) is 17.2 Å². The first-order chi connectivity index (χ1) is 18.5. The van der Waals surface area contributed by atoms with Crippen LogP contribution in [0.2, 0.25) is 0 Å². The summed E-state index contributed by atoms with van der Waals surface area (Å²) >= 11 is 0. The standard InChI is InChI=1S/C28H32FN5O4S/c1-18(2)16-38-21-14-19(13-20(29)15-21)23-8-7-22(26(31-23)34-12-4-9-28(17-34)10-11-28)27(35)33-39(36,37)25-6-3-5-24(30)32-25/h3,5-8,13-15,18H,4,9-12,16-17H2,1-2H3,(H2,30,32)(H,33,35). The van der Waals surface area contributed by atoms with E-state index >= 15 is 0 Å². The highest BCUT2D eigenvalue weighted by Gasteiger charge is 2.46. The van der Waals surface area contributed by atoms with Crippen LogP contribution < -0.4 is 20.1 Å². The molecule has 0 atom stereocenters. The van der Waals surface area contributed by atoms with Crippen molar-refractivity contribution < 1.29 is 22.3 Å². The minimum atomic E-state index is -4.28. The molecule has 1 aliphatic heterocycles. The molecule has 1 aliphatic carbocycles. The van der Waals surface area contributed by atoms with E-state index in [1.165, 1.54) is 36.4 Å². The van der Waals surface area contributed by atoms with Gasteiger partial charge in [-0.2, -0.15) is 8.42 Å². The molecule has 0 radical (unpaired) electrons. The Balaban J connectivity index is 1.51. The number of pyridine rings is 2. The third-order valence-corrected chi connectivity index (χ3v) is 8.27. The minimum Gasteiger partial charge on any atom is -0.493 e. The average Bonchev–Trinajstić information content (AvgIpc) is 3.64. The molecular formula is C28H32FN5O4S. The van der Waals surface area contributed by atoms with E-state index in [4.69, 9.17) is 15.5 Å². The summed E-state index contributed by atoms with van der Waals surface area (Å²) in [5, 5.41) is -0.356. The molecule has 3 heterocycles. The van der Waals surface area contributed by atoms with Gasteiger partial charge in [0, 0.05) is 24.7 Å². The van der Waals surface area contributed by atoms with Gasteiger partial charge in [0.05, 0.1) is 17.9 Å². The Bertz CT molecular complexity index is 1510. The molecule has 5 rings (SSSR count). The lowest BCUT2D eigenvalue weighted by molar-refractivity contribution is 0.0981. The fourth-order valence-electron chi connectivity index (χ4n) is 4.87. The van der Waals surface area contributed by atoms with Crippen molar-refractivity contribution in [3.05, 3.63) is 59.9 Å². The number of ether oxygens (including phenoxy) is 1. The highest BCUT2D eigenvalue weighted by atomic mass is 32.2. The Morgan fingerprint density at radius 3 is 2.67 bits per heavy atom. The van der Waals surface area contributed by atoms with Gasteiger partial charge in [0.25, 0.3) is 15.9 Å². The maximum Gasteiger partial charge on any atom is 0.281 e. The second-order valence-corrected chi connectivity index (χ2v) is 12.4. The van der Waals surface area contributed by atoms with Crippen molar-refractivity contribution in [3.63, 3.8) is 0 Å². The molecule has 1 spiro atoms. The maximum absolute atomic E-state index is 14.5. The fourth-order valence-corrected chi connectivity index (χ4v) is 5.81. The van der Waals surface area contributed by atoms with Gasteiger partial charge in [0.1, 0.15) is 23.2 Å². The van der Waals surface area contributed by atoms with Crippen LogP contribution in [0.3, 0.4) is 0 Å². The summed E-state index contributed by atoms with van der Waals surface area (Å²) in [6, 6.07) is 11.7. The molecule has 2 aliphatic rings. The summed E-state index contributed by atoms with van der Waals surface area (Å²) in [6.45, 7) is 5.85. The smallest absolute Gasteiger partial charge is 0.281 e. The Kier molecular flexibility index (Phi) is 7.19. The molecule has 3 N–H and O–H groups in total. The molecule has 1 amide bonds. The number of piperidine rings is 1. The Morgan fingerprint density at radius 1 is 1.15 bits per heavy atom. The van der Waals surface area contributed by atoms with Crippen LogP contribution in [0.1, 0.15) is 49.9 Å². The lowest BCUT2D eigenvalue weighted by atomic mass is 9.94. The van der Waals surface area contributed by atoms with Crippen LogP contribution in [0.4, 0.5) is 16.0 Å². The van der Waals surface area contributed by atoms with E-state index in [2.05, 4.69) is 9.71 Å². The molecule has 1 saturated heterocycles. The maximum atomic E-state index is 14.5. The van der Waals surface area contributed by atoms with Crippen molar-refractivity contribution in [2.75, 3.05) is 30.3 Å². The largest absolute Gasteiger partial charge is 0.493 e. The number of hydrogen-bond acceptors (Lipinski definition) is 8. The van der Waals surface area contributed by atoms with Gasteiger partial charge in [-0.15, -0.1) is 0 Å². The van der Waals surface area contributed by atoms with Crippen LogP contribution in [0.5, 0.6) is 5.75 Å². The number of nitrogens with two attached hydrogens (primary N) is 1. The molecule has 2 aromatic heterocycles. The number of nitrogens with one attached hydrogen (secondary N) is 1. The van der Waals surface area contributed by atoms with Crippen LogP contribution in [-0.4, -0.2) is 44.0 Å². The number of anilines is 2. The molecule has 206 valence electrons. The molecule has 11 heteroatoms. The normalized spacial score (nSPS) is 16.4. The number of halogens is 1. The van der Waals surface area contributed by atoms with Crippen molar-refractivity contribution in [1.82, 2.24) is 14.7 Å². The van der Waals surface area contributed by atoms with Crippen molar-refractivity contribution in [2.45, 2.75) is 44.6 Å². The van der Waals surface area contributed by atoms with Crippen LogP contribution in [0.25, 0.3) is 11.3 Å². The number of sulfonamides is 1. The third kappa shape index (κ3) is 6.13. The number of carbonyl (C=O) groups is 1. The SMILES string of the molecule is CC(C)COc1cc(F)cc(-c2ccc(C(=O)NS(=O)(=O)c3cccc(N)n3)c(N3CCCC4(CC4)C3)n2)c1. The van der Waals surface area contributed by atoms with E-state index in [-0.39, 0.29) is 27.7 Å². The quantitative estimate of drug-likeness (QED) is 0.420. The van der Waals surface area contributed by atoms with Gasteiger partial charge < -0.3 is 15.4 Å². The molecule has 2 fully saturated rings. The van der Waals surface area contributed by atoms with Crippen molar-refractivity contribution in [1.29, 1.82) is 0 Å². The van der Waals surface area contributed by atoms with E-state index in [0.29, 0.717) is 36.0 Å². The second-order valence-electron chi connectivity index (χ2n) is 10.8. The van der Waals surface area contributed by atoms with Crippen LogP contribution >= 0.6 is 0 Å². The summed E-state index contributed by atoms with van der Waals surface area (Å²) in [5.74, 6) is -0.255. The zero-order valence-corrected chi connectivity index (χ0v) is 22.8. The van der Waals surface area contributed by atoms with Gasteiger partial charge in [-0.25, -0.2) is 19.1 Å². The molecule has 39 heavy (non-hydrogen) atoms. The Hall–Kier alpha value is -3.73. The zero-order chi connectivity index (χ0) is 27.8. The summed E-state index contributed by atoms with van der Waals surface area (Å²) in [7, 11) is -4.28. The molecule has 9 nitrogen and oxygen atoms in total. The lowest BCUT2D eigenvalue weighted by Gasteiger charge is -2.35. The van der Waals surface area contributed by atoms with Gasteiger partial charge in [0.15, 0.2) is 5.03 Å². The Morgan fingerprint density at radius 2 is 1.95 bits per heavy atom. The molecule has 1 aromatic carbocycles. The van der Waals surface area contributed by atoms with Crippen molar-refractivity contribution >= 4 is 27.6 Å². The lowest BCUT2D eigenvalue weighted by Crippen LogP contribution is -2.39. The van der Waals surface area contributed by atoms with Crippen molar-refractivity contribution in [2.24, 2.45) is 11.3 Å². The number of nitrogens with zero attached hydrogens (tertiary/aromatic N) is 3. The van der Waals surface area contributed by atoms with E-state index < -0.39 is 21.7 Å². The molecule has 1 saturated carbocycles. The number of hydrogen-bond donors (Lipinski definition) is 2.